The smallest absolute Gasteiger partial charge is 0.320 e. The molecule has 0 aromatic rings. The van der Waals surface area contributed by atoms with Crippen LogP contribution in [0.3, 0.4) is 0 Å². The van der Waals surface area contributed by atoms with Crippen molar-refractivity contribution in [2.75, 3.05) is 33.9 Å². The van der Waals surface area contributed by atoms with Gasteiger partial charge >= 0.3 is 11.9 Å². The van der Waals surface area contributed by atoms with Crippen LogP contribution in [0.15, 0.2) is 36.5 Å². The standard InChI is InChI=1S/C14H21NO4/c1-5-7-8-12(6-2)11-19-14(17)10-15(3)9-13(16)18-4/h5-8H,1,9-11H2,2-4H3/b8-7-,12-6+. The monoisotopic (exact) mass is 267 g/mol. The maximum absolute atomic E-state index is 11.5. The average molecular weight is 267 g/mol. The molecule has 0 aromatic heterocycles. The van der Waals surface area contributed by atoms with Gasteiger partial charge in [0.15, 0.2) is 0 Å². The van der Waals surface area contributed by atoms with E-state index in [2.05, 4.69) is 11.3 Å². The Morgan fingerprint density at radius 3 is 2.42 bits per heavy atom. The van der Waals surface area contributed by atoms with Crippen LogP contribution in [0.1, 0.15) is 6.92 Å². The predicted molar refractivity (Wildman–Crippen MR) is 73.6 cm³/mol. The first-order chi connectivity index (χ1) is 9.03. The van der Waals surface area contributed by atoms with E-state index in [0.717, 1.165) is 5.57 Å². The molecule has 0 aliphatic rings. The Morgan fingerprint density at radius 2 is 1.89 bits per heavy atom. The first-order valence-corrected chi connectivity index (χ1v) is 5.88. The minimum atomic E-state index is -0.391. The van der Waals surface area contributed by atoms with Crippen LogP contribution in [-0.2, 0) is 19.1 Å². The highest BCUT2D eigenvalue weighted by atomic mass is 16.5. The summed E-state index contributed by atoms with van der Waals surface area (Å²) in [5, 5.41) is 0. The van der Waals surface area contributed by atoms with Gasteiger partial charge in [-0.3, -0.25) is 14.5 Å². The lowest BCUT2D eigenvalue weighted by molar-refractivity contribution is -0.146. The third kappa shape index (κ3) is 8.79. The Morgan fingerprint density at radius 1 is 1.26 bits per heavy atom. The minimum absolute atomic E-state index is 0.0390. The molecule has 0 amide bonds. The maximum Gasteiger partial charge on any atom is 0.320 e. The number of carbonyl (C=O) groups excluding carboxylic acids is 2. The van der Waals surface area contributed by atoms with Crippen LogP contribution in [0.2, 0.25) is 0 Å². The molecule has 0 rings (SSSR count). The number of methoxy groups -OCH3 is 1. The topological polar surface area (TPSA) is 55.8 Å². The quantitative estimate of drug-likeness (QED) is 0.490. The zero-order chi connectivity index (χ0) is 14.7. The van der Waals surface area contributed by atoms with E-state index in [1.54, 1.807) is 19.2 Å². The number of allylic oxidation sites excluding steroid dienone is 3. The van der Waals surface area contributed by atoms with Gasteiger partial charge in [0.25, 0.3) is 0 Å². The lowest BCUT2D eigenvalue weighted by Crippen LogP contribution is -2.32. The number of esters is 2. The van der Waals surface area contributed by atoms with Crippen molar-refractivity contribution < 1.29 is 19.1 Å². The third-order valence-electron chi connectivity index (χ3n) is 2.24. The Hall–Kier alpha value is -1.88. The summed E-state index contributed by atoms with van der Waals surface area (Å²) in [5.41, 5.74) is 0.879. The van der Waals surface area contributed by atoms with Crippen LogP contribution in [0, 0.1) is 0 Å². The van der Waals surface area contributed by atoms with E-state index in [-0.39, 0.29) is 19.7 Å². The van der Waals surface area contributed by atoms with Gasteiger partial charge < -0.3 is 9.47 Å². The van der Waals surface area contributed by atoms with E-state index >= 15 is 0 Å². The molecule has 106 valence electrons. The van der Waals surface area contributed by atoms with Crippen molar-refractivity contribution in [2.45, 2.75) is 6.92 Å². The number of hydrogen-bond acceptors (Lipinski definition) is 5. The molecule has 0 saturated heterocycles. The number of rotatable bonds is 8. The molecule has 5 nitrogen and oxygen atoms in total. The van der Waals surface area contributed by atoms with Crippen molar-refractivity contribution in [1.82, 2.24) is 4.90 Å². The first kappa shape index (κ1) is 17.1. The highest BCUT2D eigenvalue weighted by molar-refractivity contribution is 5.75. The summed E-state index contributed by atoms with van der Waals surface area (Å²) < 4.78 is 9.59. The van der Waals surface area contributed by atoms with Crippen molar-refractivity contribution in [2.24, 2.45) is 0 Å². The molecule has 0 spiro atoms. The molecule has 0 fully saturated rings. The molecule has 0 unspecified atom stereocenters. The summed E-state index contributed by atoms with van der Waals surface area (Å²) in [6, 6.07) is 0. The van der Waals surface area contributed by atoms with Gasteiger partial charge in [0.2, 0.25) is 0 Å². The third-order valence-corrected chi connectivity index (χ3v) is 2.24. The van der Waals surface area contributed by atoms with E-state index in [9.17, 15) is 9.59 Å². The summed E-state index contributed by atoms with van der Waals surface area (Å²) in [6.45, 7) is 5.72. The molecule has 0 saturated carbocycles. The second-order valence-electron chi connectivity index (χ2n) is 3.87. The summed E-state index contributed by atoms with van der Waals surface area (Å²) in [7, 11) is 2.95. The van der Waals surface area contributed by atoms with Crippen molar-refractivity contribution in [3.8, 4) is 0 Å². The molecule has 0 aromatic carbocycles. The first-order valence-electron chi connectivity index (χ1n) is 5.88. The Balaban J connectivity index is 4.07. The second kappa shape index (κ2) is 10.1. The minimum Gasteiger partial charge on any atom is -0.468 e. The molecular weight excluding hydrogens is 246 g/mol. The number of hydrogen-bond donors (Lipinski definition) is 0. The van der Waals surface area contributed by atoms with E-state index in [1.807, 2.05) is 19.1 Å². The van der Waals surface area contributed by atoms with Gasteiger partial charge in [-0.1, -0.05) is 30.9 Å². The highest BCUT2D eigenvalue weighted by Crippen LogP contribution is 1.99. The number of nitrogens with zero attached hydrogens (tertiary/aromatic N) is 1. The number of ether oxygens (including phenoxy) is 2. The molecule has 0 atom stereocenters. The summed E-state index contributed by atoms with van der Waals surface area (Å²) in [5.74, 6) is -0.781. The molecule has 0 aliphatic heterocycles. The highest BCUT2D eigenvalue weighted by Gasteiger charge is 2.11. The van der Waals surface area contributed by atoms with Crippen molar-refractivity contribution in [3.05, 3.63) is 36.5 Å². The molecular formula is C14H21NO4. The van der Waals surface area contributed by atoms with Crippen LogP contribution in [-0.4, -0.2) is 50.7 Å². The van der Waals surface area contributed by atoms with E-state index in [1.165, 1.54) is 12.0 Å². The van der Waals surface area contributed by atoms with Gasteiger partial charge in [-0.25, -0.2) is 0 Å². The molecule has 5 heteroatoms. The molecule has 0 heterocycles. The second-order valence-corrected chi connectivity index (χ2v) is 3.87. The number of carbonyl (C=O) groups is 2. The molecule has 0 bridgehead atoms. The summed E-state index contributed by atoms with van der Waals surface area (Å²) >= 11 is 0. The predicted octanol–water partition coefficient (Wildman–Crippen LogP) is 1.32. The lowest BCUT2D eigenvalue weighted by Gasteiger charge is -2.14. The SMILES string of the molecule is C=C/C=C\C(=C/C)COC(=O)CN(C)CC(=O)OC. The Bertz CT molecular complexity index is 372. The zero-order valence-corrected chi connectivity index (χ0v) is 11.7. The molecule has 0 radical (unpaired) electrons. The Labute approximate surface area is 114 Å². The van der Waals surface area contributed by atoms with Gasteiger partial charge in [-0.2, -0.15) is 0 Å². The van der Waals surface area contributed by atoms with Gasteiger partial charge in [0.1, 0.15) is 6.61 Å². The lowest BCUT2D eigenvalue weighted by atomic mass is 10.2. The van der Waals surface area contributed by atoms with Crippen molar-refractivity contribution in [1.29, 1.82) is 0 Å². The van der Waals surface area contributed by atoms with Gasteiger partial charge in [0.05, 0.1) is 20.2 Å². The molecule has 0 aliphatic carbocycles. The number of likely N-dealkylation sites (N-methyl/N-ethyl adjacent to an activating group) is 1. The summed E-state index contributed by atoms with van der Waals surface area (Å²) in [6.07, 6.45) is 7.09. The van der Waals surface area contributed by atoms with Crippen molar-refractivity contribution in [3.63, 3.8) is 0 Å². The fourth-order valence-electron chi connectivity index (χ4n) is 1.19. The fourth-order valence-corrected chi connectivity index (χ4v) is 1.19. The Kier molecular flexibility index (Phi) is 9.08. The van der Waals surface area contributed by atoms with Crippen molar-refractivity contribution >= 4 is 11.9 Å². The van der Waals surface area contributed by atoms with Crippen LogP contribution in [0.4, 0.5) is 0 Å². The van der Waals surface area contributed by atoms with Crippen LogP contribution in [0.5, 0.6) is 0 Å². The average Bonchev–Trinajstić information content (AvgIpc) is 2.38. The normalized spacial score (nSPS) is 11.7. The molecule has 19 heavy (non-hydrogen) atoms. The summed E-state index contributed by atoms with van der Waals surface area (Å²) in [4.78, 5) is 24.1. The van der Waals surface area contributed by atoms with Crippen LogP contribution < -0.4 is 0 Å². The van der Waals surface area contributed by atoms with Crippen LogP contribution in [0.25, 0.3) is 0 Å². The van der Waals surface area contributed by atoms with E-state index in [0.29, 0.717) is 0 Å². The van der Waals surface area contributed by atoms with Gasteiger partial charge in [-0.15, -0.1) is 0 Å². The van der Waals surface area contributed by atoms with E-state index < -0.39 is 11.9 Å². The molecule has 0 N–H and O–H groups in total. The zero-order valence-electron chi connectivity index (χ0n) is 11.7. The largest absolute Gasteiger partial charge is 0.468 e. The van der Waals surface area contributed by atoms with Gasteiger partial charge in [0, 0.05) is 0 Å². The van der Waals surface area contributed by atoms with E-state index in [4.69, 9.17) is 4.74 Å². The maximum atomic E-state index is 11.5. The fraction of sp³-hybridized carbons (Fsp3) is 0.429. The van der Waals surface area contributed by atoms with Crippen LogP contribution >= 0.6 is 0 Å². The van der Waals surface area contributed by atoms with Gasteiger partial charge in [-0.05, 0) is 19.5 Å².